The number of carbonyl (C=O) groups excluding carboxylic acids is 1. The predicted molar refractivity (Wildman–Crippen MR) is 76.1 cm³/mol. The number of nitrogens with one attached hydrogen (secondary N) is 1. The highest BCUT2D eigenvalue weighted by atomic mass is 16.5. The lowest BCUT2D eigenvalue weighted by molar-refractivity contribution is -0.191. The van der Waals surface area contributed by atoms with E-state index >= 15 is 0 Å². The Bertz CT molecular complexity index is 341. The summed E-state index contributed by atoms with van der Waals surface area (Å²) in [5.74, 6) is 0.233. The molecule has 0 aromatic rings. The Labute approximate surface area is 116 Å². The zero-order valence-corrected chi connectivity index (χ0v) is 13.0. The third-order valence-electron chi connectivity index (χ3n) is 4.07. The molecule has 110 valence electrons. The van der Waals surface area contributed by atoms with E-state index in [0.717, 1.165) is 19.4 Å². The molecule has 2 rings (SSSR count). The molecular formula is C15H28N2O2. The second-order valence-electron chi connectivity index (χ2n) is 7.50. The molecule has 0 saturated carbocycles. The molecule has 2 heterocycles. The summed E-state index contributed by atoms with van der Waals surface area (Å²) in [7, 11) is 0. The molecule has 0 aromatic heterocycles. The first-order chi connectivity index (χ1) is 8.64. The van der Waals surface area contributed by atoms with E-state index in [1.807, 2.05) is 11.8 Å². The van der Waals surface area contributed by atoms with Crippen LogP contribution in [0, 0.1) is 0 Å². The van der Waals surface area contributed by atoms with Crippen molar-refractivity contribution >= 4 is 5.91 Å². The summed E-state index contributed by atoms with van der Waals surface area (Å²) in [5, 5.41) is 3.42. The Hall–Kier alpha value is -0.610. The van der Waals surface area contributed by atoms with Crippen molar-refractivity contribution in [3.63, 3.8) is 0 Å². The zero-order chi connectivity index (χ0) is 14.3. The molecule has 19 heavy (non-hydrogen) atoms. The van der Waals surface area contributed by atoms with Crippen molar-refractivity contribution < 1.29 is 9.53 Å². The maximum Gasteiger partial charge on any atom is 0.242 e. The standard InChI is InChI=1S/C15H28N2O2/c1-13(2)10-17(11-14(3,4)19-13)12(18)15(5)8-6-7-9-16-15/h16H,6-11H2,1-5H3. The van der Waals surface area contributed by atoms with E-state index < -0.39 is 0 Å². The molecule has 0 radical (unpaired) electrons. The topological polar surface area (TPSA) is 41.6 Å². The van der Waals surface area contributed by atoms with E-state index in [-0.39, 0.29) is 22.6 Å². The average Bonchev–Trinajstić information content (AvgIpc) is 2.24. The maximum atomic E-state index is 12.9. The molecule has 4 nitrogen and oxygen atoms in total. The van der Waals surface area contributed by atoms with Crippen molar-refractivity contribution in [2.24, 2.45) is 0 Å². The highest BCUT2D eigenvalue weighted by Crippen LogP contribution is 2.31. The summed E-state index contributed by atoms with van der Waals surface area (Å²) < 4.78 is 6.05. The van der Waals surface area contributed by atoms with Crippen LogP contribution in [0.2, 0.25) is 0 Å². The second kappa shape index (κ2) is 4.74. The summed E-state index contributed by atoms with van der Waals surface area (Å²) in [5.41, 5.74) is -0.938. The molecule has 1 amide bonds. The fourth-order valence-electron chi connectivity index (χ4n) is 3.52. The quantitative estimate of drug-likeness (QED) is 0.790. The van der Waals surface area contributed by atoms with Gasteiger partial charge in [-0.15, -0.1) is 0 Å². The van der Waals surface area contributed by atoms with Gasteiger partial charge in [0, 0.05) is 13.1 Å². The van der Waals surface area contributed by atoms with E-state index in [0.29, 0.717) is 13.1 Å². The number of hydrogen-bond donors (Lipinski definition) is 1. The number of hydrogen-bond acceptors (Lipinski definition) is 3. The van der Waals surface area contributed by atoms with Gasteiger partial charge in [-0.1, -0.05) is 0 Å². The van der Waals surface area contributed by atoms with E-state index in [4.69, 9.17) is 4.74 Å². The summed E-state index contributed by atoms with van der Waals surface area (Å²) in [6.07, 6.45) is 3.24. The third kappa shape index (κ3) is 3.29. The Kier molecular flexibility index (Phi) is 3.69. The van der Waals surface area contributed by atoms with E-state index in [2.05, 4.69) is 33.0 Å². The number of nitrogens with zero attached hydrogens (tertiary/aromatic N) is 1. The van der Waals surface area contributed by atoms with Gasteiger partial charge in [0.2, 0.25) is 5.91 Å². The Morgan fingerprint density at radius 3 is 2.11 bits per heavy atom. The molecule has 4 heteroatoms. The molecule has 2 fully saturated rings. The van der Waals surface area contributed by atoms with Crippen molar-refractivity contribution in [3.8, 4) is 0 Å². The second-order valence-corrected chi connectivity index (χ2v) is 7.50. The van der Waals surface area contributed by atoms with Crippen LogP contribution in [0.4, 0.5) is 0 Å². The average molecular weight is 268 g/mol. The molecule has 0 bridgehead atoms. The van der Waals surface area contributed by atoms with Crippen LogP contribution in [-0.4, -0.2) is 47.2 Å². The lowest BCUT2D eigenvalue weighted by atomic mass is 9.88. The predicted octanol–water partition coefficient (Wildman–Crippen LogP) is 1.93. The SMILES string of the molecule is CC1(C)CN(C(=O)C2(C)CCCCN2)CC(C)(C)O1. The lowest BCUT2D eigenvalue weighted by Crippen LogP contribution is -2.65. The summed E-state index contributed by atoms with van der Waals surface area (Å²) in [4.78, 5) is 14.8. The molecule has 1 N–H and O–H groups in total. The molecule has 1 unspecified atom stereocenters. The number of piperidine rings is 1. The maximum absolute atomic E-state index is 12.9. The van der Waals surface area contributed by atoms with Crippen LogP contribution in [0.25, 0.3) is 0 Å². The first-order valence-electron chi connectivity index (χ1n) is 7.38. The minimum Gasteiger partial charge on any atom is -0.366 e. The van der Waals surface area contributed by atoms with Gasteiger partial charge in [0.1, 0.15) is 0 Å². The Morgan fingerprint density at radius 1 is 1.05 bits per heavy atom. The van der Waals surface area contributed by atoms with Crippen LogP contribution in [-0.2, 0) is 9.53 Å². The highest BCUT2D eigenvalue weighted by molar-refractivity contribution is 5.86. The molecule has 0 aliphatic carbocycles. The van der Waals surface area contributed by atoms with E-state index in [1.165, 1.54) is 6.42 Å². The van der Waals surface area contributed by atoms with Crippen LogP contribution >= 0.6 is 0 Å². The van der Waals surface area contributed by atoms with E-state index in [9.17, 15) is 4.79 Å². The molecule has 2 aliphatic heterocycles. The van der Waals surface area contributed by atoms with Gasteiger partial charge < -0.3 is 15.0 Å². The van der Waals surface area contributed by atoms with Gasteiger partial charge in [-0.2, -0.15) is 0 Å². The minimum absolute atomic E-state index is 0.233. The largest absolute Gasteiger partial charge is 0.366 e. The van der Waals surface area contributed by atoms with Crippen molar-refractivity contribution in [2.45, 2.75) is 70.6 Å². The summed E-state index contributed by atoms with van der Waals surface area (Å²) in [6.45, 7) is 12.6. The van der Waals surface area contributed by atoms with Gasteiger partial charge in [0.05, 0.1) is 16.7 Å². The fourth-order valence-corrected chi connectivity index (χ4v) is 3.52. The number of amides is 1. The first kappa shape index (κ1) is 14.8. The number of rotatable bonds is 1. The van der Waals surface area contributed by atoms with Gasteiger partial charge in [0.15, 0.2) is 0 Å². The highest BCUT2D eigenvalue weighted by Gasteiger charge is 2.45. The van der Waals surface area contributed by atoms with Gasteiger partial charge >= 0.3 is 0 Å². The third-order valence-corrected chi connectivity index (χ3v) is 4.07. The van der Waals surface area contributed by atoms with Gasteiger partial charge in [-0.3, -0.25) is 4.79 Å². The van der Waals surface area contributed by atoms with Crippen LogP contribution in [0.5, 0.6) is 0 Å². The van der Waals surface area contributed by atoms with Gasteiger partial charge in [-0.05, 0) is 60.4 Å². The molecule has 0 spiro atoms. The number of carbonyl (C=O) groups is 1. The molecular weight excluding hydrogens is 240 g/mol. The Morgan fingerprint density at radius 2 is 1.63 bits per heavy atom. The molecule has 0 aromatic carbocycles. The fraction of sp³-hybridized carbons (Fsp3) is 0.933. The lowest BCUT2D eigenvalue weighted by Gasteiger charge is -2.49. The number of ether oxygens (including phenoxy) is 1. The smallest absolute Gasteiger partial charge is 0.242 e. The van der Waals surface area contributed by atoms with Gasteiger partial charge in [-0.25, -0.2) is 0 Å². The normalized spacial score (nSPS) is 34.1. The Balaban J connectivity index is 2.14. The van der Waals surface area contributed by atoms with Gasteiger partial charge in [0.25, 0.3) is 0 Å². The monoisotopic (exact) mass is 268 g/mol. The zero-order valence-electron chi connectivity index (χ0n) is 13.0. The molecule has 2 aliphatic rings. The van der Waals surface area contributed by atoms with Crippen LogP contribution < -0.4 is 5.32 Å². The van der Waals surface area contributed by atoms with E-state index in [1.54, 1.807) is 0 Å². The van der Waals surface area contributed by atoms with Crippen molar-refractivity contribution in [1.29, 1.82) is 0 Å². The first-order valence-corrected chi connectivity index (χ1v) is 7.38. The molecule has 1 atom stereocenters. The minimum atomic E-state index is -0.387. The summed E-state index contributed by atoms with van der Waals surface area (Å²) in [6, 6.07) is 0. The molecule has 2 saturated heterocycles. The van der Waals surface area contributed by atoms with Crippen LogP contribution in [0.15, 0.2) is 0 Å². The summed E-state index contributed by atoms with van der Waals surface area (Å²) >= 11 is 0. The van der Waals surface area contributed by atoms with Crippen molar-refractivity contribution in [1.82, 2.24) is 10.2 Å². The van der Waals surface area contributed by atoms with Crippen LogP contribution in [0.1, 0.15) is 53.9 Å². The van der Waals surface area contributed by atoms with Crippen LogP contribution in [0.3, 0.4) is 0 Å². The van der Waals surface area contributed by atoms with Crippen molar-refractivity contribution in [3.05, 3.63) is 0 Å². The van der Waals surface area contributed by atoms with Crippen molar-refractivity contribution in [2.75, 3.05) is 19.6 Å². The number of morpholine rings is 1.